The molecule has 11 heteroatoms. The Labute approximate surface area is 256 Å². The molecule has 1 aliphatic carbocycles. The van der Waals surface area contributed by atoms with E-state index in [1.807, 2.05) is 4.72 Å². The molecule has 1 saturated carbocycles. The minimum atomic E-state index is -4.52. The van der Waals surface area contributed by atoms with Crippen LogP contribution in [0.5, 0.6) is 5.75 Å². The van der Waals surface area contributed by atoms with Gasteiger partial charge < -0.3 is 15.4 Å². The Morgan fingerprint density at radius 3 is 2.14 bits per heavy atom. The molecule has 2 fully saturated rings. The summed E-state index contributed by atoms with van der Waals surface area (Å²) in [6.07, 6.45) is 6.23. The number of hydrogen-bond donors (Lipinski definition) is 2. The van der Waals surface area contributed by atoms with Crippen LogP contribution in [0, 0.1) is 5.92 Å². The Hall–Kier alpha value is -3.05. The fourth-order valence-corrected chi connectivity index (χ4v) is 6.97. The highest BCUT2D eigenvalue weighted by molar-refractivity contribution is 7.89. The average Bonchev–Trinajstić information content (AvgIpc) is 3.46. The van der Waals surface area contributed by atoms with E-state index in [1.165, 1.54) is 72.7 Å². The van der Waals surface area contributed by atoms with Gasteiger partial charge in [-0.25, -0.2) is 8.42 Å². The number of halogens is 3. The normalized spacial score (nSPS) is 18.9. The highest BCUT2D eigenvalue weighted by Crippen LogP contribution is 2.36. The van der Waals surface area contributed by atoms with Crippen LogP contribution < -0.4 is 15.2 Å². The standard InChI is InChI=1S/C32H36ClF2N3O4S/c33-26-12-8-24(9-13-26)23-6-10-25(11-7-23)32(34,35)30(31(39)38-19-18-27(36)20-38)37-43(40,41)29-16-14-28(15-17-29)42-21-22-4-2-1-3-5-22/h6-17,22,27,30,37H,1-5,18-21,36H2/t27-,30-/m0/s1. The van der Waals surface area contributed by atoms with Crippen LogP contribution in [0.15, 0.2) is 77.7 Å². The largest absolute Gasteiger partial charge is 0.493 e. The number of nitrogens with two attached hydrogens (primary N) is 1. The third kappa shape index (κ3) is 7.55. The van der Waals surface area contributed by atoms with Crippen LogP contribution >= 0.6 is 11.6 Å². The summed E-state index contributed by atoms with van der Waals surface area (Å²) in [4.78, 5) is 14.4. The molecule has 1 amide bonds. The van der Waals surface area contributed by atoms with E-state index in [0.29, 0.717) is 35.3 Å². The lowest BCUT2D eigenvalue weighted by atomic mass is 9.90. The van der Waals surface area contributed by atoms with E-state index in [4.69, 9.17) is 22.1 Å². The second kappa shape index (κ2) is 13.3. The van der Waals surface area contributed by atoms with Crippen molar-refractivity contribution in [2.75, 3.05) is 19.7 Å². The van der Waals surface area contributed by atoms with E-state index in [9.17, 15) is 13.2 Å². The molecule has 1 heterocycles. The lowest BCUT2D eigenvalue weighted by molar-refractivity contribution is -0.143. The summed E-state index contributed by atoms with van der Waals surface area (Å²) in [5.41, 5.74) is 6.86. The zero-order chi connectivity index (χ0) is 30.6. The lowest BCUT2D eigenvalue weighted by Crippen LogP contribution is -2.56. The number of nitrogens with one attached hydrogen (secondary N) is 1. The minimum absolute atomic E-state index is 0.0652. The molecule has 3 N–H and O–H groups in total. The summed E-state index contributed by atoms with van der Waals surface area (Å²) in [6, 6.07) is 15.2. The molecule has 1 aliphatic heterocycles. The van der Waals surface area contributed by atoms with Crippen molar-refractivity contribution in [1.82, 2.24) is 9.62 Å². The van der Waals surface area contributed by atoms with Gasteiger partial charge in [0.25, 0.3) is 5.92 Å². The molecule has 0 bridgehead atoms. The SMILES string of the molecule is N[C@H]1CCN(C(=O)[C@H](NS(=O)(=O)c2ccc(OCC3CCCCC3)cc2)C(F)(F)c2ccc(-c3ccc(Cl)cc3)cc2)C1. The van der Waals surface area contributed by atoms with E-state index in [2.05, 4.69) is 0 Å². The minimum Gasteiger partial charge on any atom is -0.493 e. The van der Waals surface area contributed by atoms with Crippen LogP contribution in [0.2, 0.25) is 5.02 Å². The van der Waals surface area contributed by atoms with Crippen LogP contribution in [0.1, 0.15) is 44.1 Å². The number of rotatable bonds is 10. The number of sulfonamides is 1. The summed E-state index contributed by atoms with van der Waals surface area (Å²) in [5.74, 6) is -3.95. The van der Waals surface area contributed by atoms with Gasteiger partial charge in [0.05, 0.1) is 11.5 Å². The molecule has 0 spiro atoms. The number of benzene rings is 3. The molecule has 3 aromatic carbocycles. The first-order valence-corrected chi connectivity index (χ1v) is 16.4. The van der Waals surface area contributed by atoms with E-state index in [0.717, 1.165) is 18.4 Å². The zero-order valence-electron chi connectivity index (χ0n) is 23.7. The van der Waals surface area contributed by atoms with Crippen molar-refractivity contribution in [3.8, 4) is 16.9 Å². The molecule has 2 aliphatic rings. The van der Waals surface area contributed by atoms with Crippen LogP contribution in [-0.4, -0.2) is 51.0 Å². The zero-order valence-corrected chi connectivity index (χ0v) is 25.3. The number of carbonyl (C=O) groups excluding carboxylic acids is 1. The summed E-state index contributed by atoms with van der Waals surface area (Å²) in [7, 11) is -4.52. The van der Waals surface area contributed by atoms with Crippen LogP contribution in [-0.2, 0) is 20.7 Å². The van der Waals surface area contributed by atoms with E-state index in [1.54, 1.807) is 24.3 Å². The Morgan fingerprint density at radius 1 is 0.953 bits per heavy atom. The molecular formula is C32H36ClF2N3O4S. The smallest absolute Gasteiger partial charge is 0.298 e. The third-order valence-corrected chi connectivity index (χ3v) is 9.90. The monoisotopic (exact) mass is 631 g/mol. The van der Waals surface area contributed by atoms with Gasteiger partial charge in [-0.3, -0.25) is 4.79 Å². The quantitative estimate of drug-likeness (QED) is 0.287. The third-order valence-electron chi connectivity index (χ3n) is 8.21. The highest BCUT2D eigenvalue weighted by Gasteiger charge is 2.50. The molecule has 0 aromatic heterocycles. The fraction of sp³-hybridized carbons (Fsp3) is 0.406. The molecule has 5 rings (SSSR count). The van der Waals surface area contributed by atoms with E-state index < -0.39 is 33.5 Å². The van der Waals surface area contributed by atoms with Gasteiger partial charge in [-0.05, 0) is 72.7 Å². The van der Waals surface area contributed by atoms with Gasteiger partial charge in [0.15, 0.2) is 6.04 Å². The number of amides is 1. The summed E-state index contributed by atoms with van der Waals surface area (Å²) < 4.78 is 67.0. The van der Waals surface area contributed by atoms with E-state index in [-0.39, 0.29) is 24.0 Å². The van der Waals surface area contributed by atoms with Crippen LogP contribution in [0.4, 0.5) is 8.78 Å². The Bertz CT molecular complexity index is 1500. The maximum absolute atomic E-state index is 16.2. The van der Waals surface area contributed by atoms with Gasteiger partial charge in [-0.2, -0.15) is 13.5 Å². The number of carbonyl (C=O) groups is 1. The maximum Gasteiger partial charge on any atom is 0.298 e. The number of likely N-dealkylation sites (tertiary alicyclic amines) is 1. The first-order valence-electron chi connectivity index (χ1n) is 14.6. The molecule has 2 atom stereocenters. The van der Waals surface area contributed by atoms with Crippen molar-refractivity contribution >= 4 is 27.5 Å². The molecule has 7 nitrogen and oxygen atoms in total. The molecular weight excluding hydrogens is 596 g/mol. The Balaban J connectivity index is 1.37. The molecule has 1 saturated heterocycles. The number of alkyl halides is 2. The Kier molecular flexibility index (Phi) is 9.70. The summed E-state index contributed by atoms with van der Waals surface area (Å²) in [5, 5.41) is 0.545. The molecule has 3 aromatic rings. The molecule has 0 unspecified atom stereocenters. The van der Waals surface area contributed by atoms with Crippen molar-refractivity contribution in [3.05, 3.63) is 83.4 Å². The molecule has 43 heavy (non-hydrogen) atoms. The van der Waals surface area contributed by atoms with Crippen LogP contribution in [0.3, 0.4) is 0 Å². The predicted octanol–water partition coefficient (Wildman–Crippen LogP) is 5.96. The van der Waals surface area contributed by atoms with Gasteiger partial charge in [0.2, 0.25) is 15.9 Å². The number of hydrogen-bond acceptors (Lipinski definition) is 5. The predicted molar refractivity (Wildman–Crippen MR) is 163 cm³/mol. The van der Waals surface area contributed by atoms with Crippen molar-refractivity contribution in [2.24, 2.45) is 11.7 Å². The molecule has 0 radical (unpaired) electrons. The fourth-order valence-electron chi connectivity index (χ4n) is 5.65. The van der Waals surface area contributed by atoms with Gasteiger partial charge in [0, 0.05) is 29.7 Å². The topological polar surface area (TPSA) is 102 Å². The summed E-state index contributed by atoms with van der Waals surface area (Å²) >= 11 is 5.95. The van der Waals surface area contributed by atoms with Gasteiger partial charge in [-0.1, -0.05) is 67.3 Å². The first kappa shape index (κ1) is 31.4. The number of ether oxygens (including phenoxy) is 1. The van der Waals surface area contributed by atoms with Crippen LogP contribution in [0.25, 0.3) is 11.1 Å². The maximum atomic E-state index is 16.2. The highest BCUT2D eigenvalue weighted by atomic mass is 35.5. The van der Waals surface area contributed by atoms with Gasteiger partial charge in [0.1, 0.15) is 5.75 Å². The van der Waals surface area contributed by atoms with Crippen molar-refractivity contribution in [1.29, 1.82) is 0 Å². The van der Waals surface area contributed by atoms with E-state index >= 15 is 8.78 Å². The second-order valence-corrected chi connectivity index (χ2v) is 13.5. The first-order chi connectivity index (χ1) is 20.5. The Morgan fingerprint density at radius 2 is 1.56 bits per heavy atom. The van der Waals surface area contributed by atoms with Crippen molar-refractivity contribution < 1.29 is 26.7 Å². The second-order valence-electron chi connectivity index (χ2n) is 11.4. The van der Waals surface area contributed by atoms with Gasteiger partial charge in [-0.15, -0.1) is 0 Å². The van der Waals surface area contributed by atoms with Crippen molar-refractivity contribution in [2.45, 2.75) is 61.4 Å². The number of nitrogens with zero attached hydrogens (tertiary/aromatic N) is 1. The molecule has 230 valence electrons. The average molecular weight is 632 g/mol. The van der Waals surface area contributed by atoms with Gasteiger partial charge >= 0.3 is 0 Å². The summed E-state index contributed by atoms with van der Waals surface area (Å²) in [6.45, 7) is 0.772. The van der Waals surface area contributed by atoms with Crippen molar-refractivity contribution in [3.63, 3.8) is 0 Å². The lowest BCUT2D eigenvalue weighted by Gasteiger charge is -2.30.